The number of benzene rings is 7. The highest BCUT2D eigenvalue weighted by Crippen LogP contribution is 2.44. The fourth-order valence-electron chi connectivity index (χ4n) is 7.99. The van der Waals surface area contributed by atoms with Crippen LogP contribution in [0.15, 0.2) is 158 Å². The van der Waals surface area contributed by atoms with Gasteiger partial charge in [-0.2, -0.15) is 0 Å². The van der Waals surface area contributed by atoms with E-state index in [0.717, 1.165) is 12.8 Å². The molecule has 0 aliphatic rings. The molecule has 2 heterocycles. The van der Waals surface area contributed by atoms with E-state index >= 15 is 0 Å². The van der Waals surface area contributed by atoms with Gasteiger partial charge in [0.1, 0.15) is 0 Å². The van der Waals surface area contributed by atoms with Gasteiger partial charge in [0, 0.05) is 32.9 Å². The summed E-state index contributed by atoms with van der Waals surface area (Å²) in [6.45, 7) is 4.63. The van der Waals surface area contributed by atoms with Crippen molar-refractivity contribution in [2.75, 3.05) is 0 Å². The molecule has 9 rings (SSSR count). The molecule has 2 heteroatoms. The zero-order valence-corrected chi connectivity index (χ0v) is 27.3. The van der Waals surface area contributed by atoms with Gasteiger partial charge < -0.3 is 9.13 Å². The molecule has 0 amide bonds. The molecule has 0 saturated carbocycles. The van der Waals surface area contributed by atoms with Crippen molar-refractivity contribution in [3.05, 3.63) is 169 Å². The molecule has 2 aromatic heterocycles. The molecule has 9 aromatic rings. The van der Waals surface area contributed by atoms with Crippen molar-refractivity contribution in [2.45, 2.75) is 26.7 Å². The lowest BCUT2D eigenvalue weighted by Gasteiger charge is -2.16. The zero-order chi connectivity index (χ0) is 32.2. The van der Waals surface area contributed by atoms with Gasteiger partial charge in [-0.3, -0.25) is 0 Å². The summed E-state index contributed by atoms with van der Waals surface area (Å²) in [7, 11) is 0. The van der Waals surface area contributed by atoms with Crippen LogP contribution in [0.5, 0.6) is 0 Å². The molecular weight excluding hydrogens is 581 g/mol. The number of fused-ring (bicyclic) bond motifs is 6. The number of hydrogen-bond acceptors (Lipinski definition) is 0. The maximum atomic E-state index is 2.43. The Kier molecular flexibility index (Phi) is 6.76. The van der Waals surface area contributed by atoms with E-state index in [1.54, 1.807) is 0 Å². The number of aryl methyl sites for hydroxylation is 2. The van der Waals surface area contributed by atoms with E-state index in [1.807, 2.05) is 0 Å². The molecule has 230 valence electrons. The summed E-state index contributed by atoms with van der Waals surface area (Å²) in [5.74, 6) is 0. The minimum Gasteiger partial charge on any atom is -0.309 e. The SMILES string of the molecule is CCCc1c(-c2ccc3c(c2C)c2cc(-c4ccccc4)ccc2n3-c2ccccc2)ccc2c1c1ccccc1n2-c1ccccc1. The summed E-state index contributed by atoms with van der Waals surface area (Å²) in [6.07, 6.45) is 2.09. The fraction of sp³-hybridized carbons (Fsp3) is 0.0870. The third-order valence-corrected chi connectivity index (χ3v) is 10.1. The molecule has 0 N–H and O–H groups in total. The third kappa shape index (κ3) is 4.33. The third-order valence-electron chi connectivity index (χ3n) is 10.1. The Hall–Kier alpha value is -5.86. The summed E-state index contributed by atoms with van der Waals surface area (Å²) in [5.41, 5.74) is 15.2. The van der Waals surface area contributed by atoms with E-state index in [1.165, 1.54) is 88.4 Å². The van der Waals surface area contributed by atoms with Gasteiger partial charge in [0.2, 0.25) is 0 Å². The first-order valence-corrected chi connectivity index (χ1v) is 17.0. The molecule has 0 aliphatic heterocycles. The molecule has 0 atom stereocenters. The van der Waals surface area contributed by atoms with Crippen molar-refractivity contribution in [1.29, 1.82) is 0 Å². The van der Waals surface area contributed by atoms with Crippen LogP contribution in [-0.4, -0.2) is 9.13 Å². The van der Waals surface area contributed by atoms with Crippen LogP contribution in [0.2, 0.25) is 0 Å². The normalized spacial score (nSPS) is 11.7. The van der Waals surface area contributed by atoms with Crippen LogP contribution in [0.1, 0.15) is 24.5 Å². The Balaban J connectivity index is 1.35. The van der Waals surface area contributed by atoms with Crippen LogP contribution in [0.25, 0.3) is 77.2 Å². The van der Waals surface area contributed by atoms with Crippen molar-refractivity contribution in [1.82, 2.24) is 9.13 Å². The first-order chi connectivity index (χ1) is 23.7. The van der Waals surface area contributed by atoms with E-state index in [0.29, 0.717) is 0 Å². The lowest BCUT2D eigenvalue weighted by Crippen LogP contribution is -1.97. The zero-order valence-electron chi connectivity index (χ0n) is 27.3. The van der Waals surface area contributed by atoms with Gasteiger partial charge in [-0.05, 0) is 101 Å². The summed E-state index contributed by atoms with van der Waals surface area (Å²) < 4.78 is 4.86. The highest BCUT2D eigenvalue weighted by atomic mass is 15.0. The summed E-state index contributed by atoms with van der Waals surface area (Å²) in [6, 6.07) is 57.6. The number of rotatable bonds is 6. The topological polar surface area (TPSA) is 9.86 Å². The lowest BCUT2D eigenvalue weighted by atomic mass is 9.89. The molecule has 0 spiro atoms. The van der Waals surface area contributed by atoms with E-state index in [2.05, 4.69) is 181 Å². The molecule has 0 fully saturated rings. The van der Waals surface area contributed by atoms with E-state index in [9.17, 15) is 0 Å². The number of aromatic nitrogens is 2. The average molecular weight is 617 g/mol. The quantitative estimate of drug-likeness (QED) is 0.176. The molecule has 0 radical (unpaired) electrons. The minimum atomic E-state index is 1.01. The van der Waals surface area contributed by atoms with Crippen LogP contribution >= 0.6 is 0 Å². The Morgan fingerprint density at radius 1 is 0.438 bits per heavy atom. The Morgan fingerprint density at radius 3 is 1.65 bits per heavy atom. The second-order valence-corrected chi connectivity index (χ2v) is 12.8. The van der Waals surface area contributed by atoms with Gasteiger partial charge in [0.15, 0.2) is 0 Å². The Morgan fingerprint density at radius 2 is 0.979 bits per heavy atom. The highest BCUT2D eigenvalue weighted by molar-refractivity contribution is 6.15. The number of nitrogens with zero attached hydrogens (tertiary/aromatic N) is 2. The largest absolute Gasteiger partial charge is 0.309 e. The highest BCUT2D eigenvalue weighted by Gasteiger charge is 2.22. The molecule has 0 unspecified atom stereocenters. The predicted octanol–water partition coefficient (Wildman–Crippen LogP) is 12.5. The second-order valence-electron chi connectivity index (χ2n) is 12.8. The molecule has 0 bridgehead atoms. The minimum absolute atomic E-state index is 1.01. The van der Waals surface area contributed by atoms with Crippen LogP contribution < -0.4 is 0 Å². The second kappa shape index (κ2) is 11.4. The van der Waals surface area contributed by atoms with Crippen molar-refractivity contribution in [3.8, 4) is 33.6 Å². The van der Waals surface area contributed by atoms with Crippen LogP contribution in [0, 0.1) is 6.92 Å². The number of para-hydroxylation sites is 3. The summed E-state index contributed by atoms with van der Waals surface area (Å²) in [4.78, 5) is 0. The molecule has 0 saturated heterocycles. The van der Waals surface area contributed by atoms with Gasteiger partial charge in [-0.1, -0.05) is 116 Å². The maximum absolute atomic E-state index is 2.43. The first-order valence-electron chi connectivity index (χ1n) is 17.0. The molecule has 7 aromatic carbocycles. The molecule has 0 aliphatic carbocycles. The van der Waals surface area contributed by atoms with E-state index in [4.69, 9.17) is 0 Å². The first kappa shape index (κ1) is 28.4. The molecular formula is C46H36N2. The monoisotopic (exact) mass is 616 g/mol. The van der Waals surface area contributed by atoms with Crippen molar-refractivity contribution < 1.29 is 0 Å². The maximum Gasteiger partial charge on any atom is 0.0544 e. The predicted molar refractivity (Wildman–Crippen MR) is 205 cm³/mol. The van der Waals surface area contributed by atoms with E-state index < -0.39 is 0 Å². The smallest absolute Gasteiger partial charge is 0.0544 e. The van der Waals surface area contributed by atoms with Crippen molar-refractivity contribution >= 4 is 43.6 Å². The lowest BCUT2D eigenvalue weighted by molar-refractivity contribution is 0.931. The Labute approximate surface area is 281 Å². The van der Waals surface area contributed by atoms with Gasteiger partial charge in [0.05, 0.1) is 22.1 Å². The van der Waals surface area contributed by atoms with Gasteiger partial charge in [-0.25, -0.2) is 0 Å². The summed E-state index contributed by atoms with van der Waals surface area (Å²) >= 11 is 0. The average Bonchev–Trinajstić information content (AvgIpc) is 3.66. The summed E-state index contributed by atoms with van der Waals surface area (Å²) in [5, 5.41) is 5.28. The molecule has 2 nitrogen and oxygen atoms in total. The molecule has 48 heavy (non-hydrogen) atoms. The van der Waals surface area contributed by atoms with Gasteiger partial charge in [0.25, 0.3) is 0 Å². The van der Waals surface area contributed by atoms with Crippen LogP contribution in [0.4, 0.5) is 0 Å². The van der Waals surface area contributed by atoms with Gasteiger partial charge in [-0.15, -0.1) is 0 Å². The standard InChI is InChI=1S/C46H36N2/c1-3-15-38-37(26-29-44-46(38)39-22-13-14-23-41(39)47(44)34-18-9-5-10-19-34)36-25-28-43-45(31(36)2)40-30-33(32-16-7-4-8-17-32)24-27-42(40)48(43)35-20-11-6-12-21-35/h4-14,16-30H,3,15H2,1-2H3. The van der Waals surface area contributed by atoms with E-state index in [-0.39, 0.29) is 0 Å². The van der Waals surface area contributed by atoms with Crippen LogP contribution in [0.3, 0.4) is 0 Å². The number of hydrogen-bond donors (Lipinski definition) is 0. The van der Waals surface area contributed by atoms with Crippen molar-refractivity contribution in [2.24, 2.45) is 0 Å². The van der Waals surface area contributed by atoms with Gasteiger partial charge >= 0.3 is 0 Å². The Bertz CT molecular complexity index is 2610. The fourth-order valence-corrected chi connectivity index (χ4v) is 7.99. The van der Waals surface area contributed by atoms with Crippen molar-refractivity contribution in [3.63, 3.8) is 0 Å². The van der Waals surface area contributed by atoms with Crippen LogP contribution in [-0.2, 0) is 6.42 Å².